The van der Waals surface area contributed by atoms with Gasteiger partial charge in [0.1, 0.15) is 0 Å². The molecule has 0 unspecified atom stereocenters. The maximum absolute atomic E-state index is 8.74. The maximum atomic E-state index is 8.74. The molecule has 0 aliphatic rings. The summed E-state index contributed by atoms with van der Waals surface area (Å²) in [5.74, 6) is 0. The molecule has 0 aliphatic heterocycles. The summed E-state index contributed by atoms with van der Waals surface area (Å²) < 4.78 is 31.6. The molecule has 0 aromatic heterocycles. The topological polar surface area (TPSA) is 108 Å². The summed E-state index contributed by atoms with van der Waals surface area (Å²) in [4.78, 5) is 2.38. The van der Waals surface area contributed by atoms with E-state index < -0.39 is 10.4 Å². The predicted molar refractivity (Wildman–Crippen MR) is 49.6 cm³/mol. The zero-order valence-corrected chi connectivity index (χ0v) is 12.0. The van der Waals surface area contributed by atoms with Crippen molar-refractivity contribution in [2.24, 2.45) is 0 Å². The molecule has 0 radical (unpaired) electrons. The Kier molecular flexibility index (Phi) is 23.8. The fourth-order valence-corrected chi connectivity index (χ4v) is 0.671. The fraction of sp³-hybridized carbons (Fsp3) is 1.00. The van der Waals surface area contributed by atoms with Gasteiger partial charge >= 0.3 is 40.0 Å². The smallest absolute Gasteiger partial charge is 0.870 e. The third-order valence-corrected chi connectivity index (χ3v) is 1.34. The second-order valence-corrected chi connectivity index (χ2v) is 2.96. The molecule has 0 amide bonds. The van der Waals surface area contributed by atoms with Crippen LogP contribution >= 0.6 is 0 Å². The van der Waals surface area contributed by atoms with Crippen molar-refractivity contribution in [1.29, 1.82) is 0 Å². The Labute approximate surface area is 108 Å². The van der Waals surface area contributed by atoms with E-state index in [1.807, 2.05) is 0 Å². The molecule has 0 heterocycles. The van der Waals surface area contributed by atoms with Crippen molar-refractivity contribution in [3.05, 3.63) is 0 Å². The first-order valence-electron chi connectivity index (χ1n) is 3.77. The van der Waals surface area contributed by atoms with Crippen LogP contribution in [0.25, 0.3) is 0 Å². The standard InChI is InChI=1S/C6H15N.Na.H2O4S.H2O/c1-4-7(5-2)6-3;;1-5(2,3)4;/h4-6H2,1-3H3;;(H2,1,2,3,4);1H2/q;+1;;/p-1. The first-order chi connectivity index (χ1) is 5.35. The van der Waals surface area contributed by atoms with Crippen molar-refractivity contribution in [2.75, 3.05) is 19.6 Å². The van der Waals surface area contributed by atoms with Gasteiger partial charge in [-0.3, -0.25) is 9.11 Å². The number of hydrogen-bond donors (Lipinski definition) is 2. The first kappa shape index (κ1) is 24.2. The summed E-state index contributed by atoms with van der Waals surface area (Å²) in [6, 6.07) is 0. The molecule has 84 valence electrons. The van der Waals surface area contributed by atoms with Crippen LogP contribution in [0.15, 0.2) is 0 Å². The van der Waals surface area contributed by atoms with Crippen LogP contribution in [0.2, 0.25) is 0 Å². The summed E-state index contributed by atoms with van der Waals surface area (Å²) in [6.45, 7) is 10.1. The van der Waals surface area contributed by atoms with E-state index in [1.54, 1.807) is 0 Å². The van der Waals surface area contributed by atoms with Gasteiger partial charge in [0.15, 0.2) is 0 Å². The molecule has 14 heavy (non-hydrogen) atoms. The molecule has 0 saturated heterocycles. The van der Waals surface area contributed by atoms with Gasteiger partial charge in [0.2, 0.25) is 0 Å². The molecule has 0 spiro atoms. The normalized spacial score (nSPS) is 9.29. The van der Waals surface area contributed by atoms with Gasteiger partial charge < -0.3 is 10.4 Å². The molecule has 0 atom stereocenters. The Morgan fingerprint density at radius 2 is 1.14 bits per heavy atom. The minimum atomic E-state index is -4.67. The summed E-state index contributed by atoms with van der Waals surface area (Å²) in [7, 11) is -4.67. The monoisotopic (exact) mass is 239 g/mol. The third-order valence-electron chi connectivity index (χ3n) is 1.34. The van der Waals surface area contributed by atoms with E-state index in [0.29, 0.717) is 0 Å². The van der Waals surface area contributed by atoms with Gasteiger partial charge in [0.25, 0.3) is 0 Å². The van der Waals surface area contributed by atoms with Crippen molar-refractivity contribution in [2.45, 2.75) is 20.8 Å². The van der Waals surface area contributed by atoms with Crippen molar-refractivity contribution in [3.8, 4) is 0 Å². The van der Waals surface area contributed by atoms with Crippen LogP contribution < -0.4 is 29.6 Å². The van der Waals surface area contributed by atoms with Crippen LogP contribution in [-0.4, -0.2) is 47.5 Å². The van der Waals surface area contributed by atoms with Gasteiger partial charge in [-0.1, -0.05) is 20.8 Å². The first-order valence-corrected chi connectivity index (χ1v) is 5.17. The largest absolute Gasteiger partial charge is 1.00 e. The van der Waals surface area contributed by atoms with E-state index in [9.17, 15) is 0 Å². The van der Waals surface area contributed by atoms with E-state index in [2.05, 4.69) is 25.7 Å². The van der Waals surface area contributed by atoms with Gasteiger partial charge in [-0.15, -0.1) is 0 Å². The Hall–Kier alpha value is 0.790. The average Bonchev–Trinajstić information content (AvgIpc) is 1.88. The minimum Gasteiger partial charge on any atom is -0.870 e. The molecule has 8 heteroatoms. The summed E-state index contributed by atoms with van der Waals surface area (Å²) in [6.07, 6.45) is 0. The molecule has 0 aromatic rings. The Morgan fingerprint density at radius 3 is 1.14 bits per heavy atom. The van der Waals surface area contributed by atoms with E-state index in [0.717, 1.165) is 0 Å². The van der Waals surface area contributed by atoms with E-state index in [4.69, 9.17) is 17.5 Å². The molecular formula is C6H18NNaO5S. The minimum absolute atomic E-state index is 0. The van der Waals surface area contributed by atoms with Crippen molar-refractivity contribution < 1.29 is 52.6 Å². The van der Waals surface area contributed by atoms with Crippen molar-refractivity contribution in [1.82, 2.24) is 4.90 Å². The molecule has 0 aliphatic carbocycles. The zero-order chi connectivity index (χ0) is 10.2. The summed E-state index contributed by atoms with van der Waals surface area (Å²) in [5, 5.41) is 0. The average molecular weight is 239 g/mol. The van der Waals surface area contributed by atoms with Crippen molar-refractivity contribution >= 4 is 10.4 Å². The van der Waals surface area contributed by atoms with Crippen LogP contribution in [0.1, 0.15) is 20.8 Å². The zero-order valence-electron chi connectivity index (χ0n) is 9.13. The van der Waals surface area contributed by atoms with Gasteiger partial charge in [-0.2, -0.15) is 8.42 Å². The molecule has 3 N–H and O–H groups in total. The summed E-state index contributed by atoms with van der Waals surface area (Å²) in [5.41, 5.74) is 0. The Balaban J connectivity index is -0.0000000651. The van der Waals surface area contributed by atoms with Gasteiger partial charge in [-0.25, -0.2) is 0 Å². The van der Waals surface area contributed by atoms with Crippen molar-refractivity contribution in [3.63, 3.8) is 0 Å². The Bertz CT molecular complexity index is 167. The number of hydrogen-bond acceptors (Lipinski definition) is 4. The van der Waals surface area contributed by atoms with Gasteiger partial charge in [0.05, 0.1) is 0 Å². The Morgan fingerprint density at radius 1 is 1.00 bits per heavy atom. The summed E-state index contributed by atoms with van der Waals surface area (Å²) >= 11 is 0. The molecular weight excluding hydrogens is 221 g/mol. The second-order valence-electron chi connectivity index (χ2n) is 2.07. The third kappa shape index (κ3) is 38.6. The van der Waals surface area contributed by atoms with Crippen LogP contribution in [0, 0.1) is 0 Å². The maximum Gasteiger partial charge on any atom is 1.00 e. The van der Waals surface area contributed by atoms with Crippen LogP contribution in [-0.2, 0) is 10.4 Å². The molecule has 0 rings (SSSR count). The fourth-order valence-electron chi connectivity index (χ4n) is 0.671. The molecule has 6 nitrogen and oxygen atoms in total. The SMILES string of the molecule is CCN(CC)CC.O=S(=O)(O)O.[Na+].[OH-]. The van der Waals surface area contributed by atoms with Gasteiger partial charge in [-0.05, 0) is 19.6 Å². The molecule has 0 aromatic carbocycles. The quantitative estimate of drug-likeness (QED) is 0.417. The van der Waals surface area contributed by atoms with Crippen LogP contribution in [0.4, 0.5) is 0 Å². The predicted octanol–water partition coefficient (Wildman–Crippen LogP) is -2.48. The van der Waals surface area contributed by atoms with E-state index in [-0.39, 0.29) is 35.0 Å². The number of rotatable bonds is 3. The van der Waals surface area contributed by atoms with E-state index >= 15 is 0 Å². The molecule has 0 fully saturated rings. The van der Waals surface area contributed by atoms with Crippen LogP contribution in [0.5, 0.6) is 0 Å². The second kappa shape index (κ2) is 13.8. The van der Waals surface area contributed by atoms with Gasteiger partial charge in [0, 0.05) is 0 Å². The molecule has 0 bridgehead atoms. The van der Waals surface area contributed by atoms with Crippen LogP contribution in [0.3, 0.4) is 0 Å². The number of nitrogens with zero attached hydrogens (tertiary/aromatic N) is 1. The van der Waals surface area contributed by atoms with E-state index in [1.165, 1.54) is 19.6 Å². The molecule has 0 saturated carbocycles.